The van der Waals surface area contributed by atoms with Crippen LogP contribution in [0.5, 0.6) is 11.5 Å². The molecule has 0 radical (unpaired) electrons. The summed E-state index contributed by atoms with van der Waals surface area (Å²) in [5.41, 5.74) is 5.16. The Bertz CT molecular complexity index is 1260. The molecule has 0 saturated heterocycles. The second-order valence-electron chi connectivity index (χ2n) is 7.66. The molecule has 0 bridgehead atoms. The first-order valence-corrected chi connectivity index (χ1v) is 12.5. The number of carbonyl (C=O) groups excluding carboxylic acids is 1. The van der Waals surface area contributed by atoms with Gasteiger partial charge in [-0.25, -0.2) is 13.8 Å². The predicted molar refractivity (Wildman–Crippen MR) is 135 cm³/mol. The van der Waals surface area contributed by atoms with Crippen molar-refractivity contribution in [3.05, 3.63) is 89.5 Å². The van der Waals surface area contributed by atoms with Crippen molar-refractivity contribution in [3.63, 3.8) is 0 Å². The van der Waals surface area contributed by atoms with E-state index in [1.165, 1.54) is 38.1 Å². The minimum atomic E-state index is -4.14. The smallest absolute Gasteiger partial charge is 0.255 e. The van der Waals surface area contributed by atoms with Gasteiger partial charge in [0.15, 0.2) is 0 Å². The van der Waals surface area contributed by atoms with Crippen molar-refractivity contribution < 1.29 is 22.7 Å². The van der Waals surface area contributed by atoms with Crippen molar-refractivity contribution in [1.82, 2.24) is 9.73 Å². The Kier molecular flexibility index (Phi) is 8.99. The molecule has 0 aliphatic heterocycles. The van der Waals surface area contributed by atoms with Gasteiger partial charge in [0.2, 0.25) is 10.0 Å². The molecule has 3 aromatic rings. The maximum atomic E-state index is 13.6. The molecule has 0 aliphatic carbocycles. The van der Waals surface area contributed by atoms with E-state index >= 15 is 0 Å². The highest BCUT2D eigenvalue weighted by atomic mass is 32.2. The van der Waals surface area contributed by atoms with Crippen LogP contribution in [-0.2, 0) is 27.8 Å². The fourth-order valence-corrected chi connectivity index (χ4v) is 4.91. The van der Waals surface area contributed by atoms with Crippen LogP contribution in [-0.4, -0.2) is 45.6 Å². The number of hydrogen-bond donors (Lipinski definition) is 1. The van der Waals surface area contributed by atoms with Crippen LogP contribution in [0.4, 0.5) is 0 Å². The number of hydrazone groups is 1. The predicted octanol–water partition coefficient (Wildman–Crippen LogP) is 3.61. The molecule has 0 spiro atoms. The number of nitrogens with one attached hydrogen (secondary N) is 1. The zero-order chi connectivity index (χ0) is 25.3. The molecule has 1 amide bonds. The minimum Gasteiger partial charge on any atom is -0.497 e. The highest BCUT2D eigenvalue weighted by Gasteiger charge is 2.30. The summed E-state index contributed by atoms with van der Waals surface area (Å²) >= 11 is 0. The molecule has 0 aliphatic rings. The van der Waals surface area contributed by atoms with E-state index in [0.29, 0.717) is 5.75 Å². The van der Waals surface area contributed by atoms with Crippen molar-refractivity contribution >= 4 is 22.1 Å². The summed E-state index contributed by atoms with van der Waals surface area (Å²) in [6.45, 7) is 1.61. The van der Waals surface area contributed by atoms with Gasteiger partial charge in [0.05, 0.1) is 27.0 Å². The normalized spacial score (nSPS) is 11.5. The number of carbonyl (C=O) groups is 1. The third-order valence-corrected chi connectivity index (χ3v) is 7.11. The van der Waals surface area contributed by atoms with Crippen molar-refractivity contribution in [3.8, 4) is 11.5 Å². The fourth-order valence-electron chi connectivity index (χ4n) is 3.35. The Morgan fingerprint density at radius 3 is 2.31 bits per heavy atom. The first kappa shape index (κ1) is 25.9. The summed E-state index contributed by atoms with van der Waals surface area (Å²) in [6.07, 6.45) is 2.44. The van der Waals surface area contributed by atoms with E-state index in [9.17, 15) is 13.2 Å². The van der Waals surface area contributed by atoms with Gasteiger partial charge in [0, 0.05) is 12.6 Å². The number of benzene rings is 3. The van der Waals surface area contributed by atoms with E-state index in [0.717, 1.165) is 21.9 Å². The van der Waals surface area contributed by atoms with Crippen molar-refractivity contribution in [2.75, 3.05) is 20.8 Å². The molecular formula is C26H29N3O5S. The summed E-state index contributed by atoms with van der Waals surface area (Å²) in [6, 6.07) is 21.3. The number of sulfonamides is 1. The molecule has 9 heteroatoms. The van der Waals surface area contributed by atoms with Crippen LogP contribution < -0.4 is 14.9 Å². The highest BCUT2D eigenvalue weighted by Crippen LogP contribution is 2.31. The van der Waals surface area contributed by atoms with Gasteiger partial charge < -0.3 is 9.47 Å². The van der Waals surface area contributed by atoms with Gasteiger partial charge >= 0.3 is 0 Å². The van der Waals surface area contributed by atoms with E-state index in [4.69, 9.17) is 9.47 Å². The van der Waals surface area contributed by atoms with Gasteiger partial charge in [-0.15, -0.1) is 0 Å². The molecule has 35 heavy (non-hydrogen) atoms. The van der Waals surface area contributed by atoms with E-state index in [1.807, 2.05) is 30.3 Å². The van der Waals surface area contributed by atoms with Crippen LogP contribution in [0.1, 0.15) is 23.6 Å². The lowest BCUT2D eigenvalue weighted by molar-refractivity contribution is -0.121. The first-order valence-electron chi connectivity index (χ1n) is 11.0. The molecule has 8 nitrogen and oxygen atoms in total. The first-order chi connectivity index (χ1) is 16.9. The van der Waals surface area contributed by atoms with Gasteiger partial charge in [-0.05, 0) is 35.2 Å². The third-order valence-electron chi connectivity index (χ3n) is 5.30. The number of methoxy groups -OCH3 is 2. The number of aryl methyl sites for hydroxylation is 1. The number of ether oxygens (including phenoxy) is 2. The average Bonchev–Trinajstić information content (AvgIpc) is 2.88. The summed E-state index contributed by atoms with van der Waals surface area (Å²) in [4.78, 5) is 12.6. The van der Waals surface area contributed by atoms with E-state index in [2.05, 4.69) is 17.5 Å². The van der Waals surface area contributed by atoms with Crippen LogP contribution in [0.15, 0.2) is 82.8 Å². The molecule has 0 fully saturated rings. The van der Waals surface area contributed by atoms with E-state index < -0.39 is 22.5 Å². The Morgan fingerprint density at radius 2 is 1.69 bits per heavy atom. The van der Waals surface area contributed by atoms with Gasteiger partial charge in [-0.2, -0.15) is 9.41 Å². The molecule has 3 aromatic carbocycles. The molecule has 1 N–H and O–H groups in total. The lowest BCUT2D eigenvalue weighted by Gasteiger charge is -2.23. The molecule has 0 unspecified atom stereocenters. The number of rotatable bonds is 11. The Morgan fingerprint density at radius 1 is 0.971 bits per heavy atom. The molecule has 0 aromatic heterocycles. The van der Waals surface area contributed by atoms with Gasteiger partial charge in [0.1, 0.15) is 16.4 Å². The Hall–Kier alpha value is -3.69. The van der Waals surface area contributed by atoms with Gasteiger partial charge in [0.25, 0.3) is 5.91 Å². The standard InChI is InChI=1S/C26H29N3O5S/c1-4-20-10-12-21(13-11-20)17-27-28-26(30)19-29(18-22-8-6-5-7-9-22)35(31,32)25-16-23(33-2)14-15-24(25)34-3/h5-17H,4,18-19H2,1-3H3,(H,28,30)/b27-17+. The van der Waals surface area contributed by atoms with Crippen molar-refractivity contribution in [2.24, 2.45) is 5.10 Å². The lowest BCUT2D eigenvalue weighted by atomic mass is 10.1. The minimum absolute atomic E-state index is 0.0147. The van der Waals surface area contributed by atoms with Gasteiger partial charge in [-0.3, -0.25) is 4.79 Å². The molecule has 0 saturated carbocycles. The Balaban J connectivity index is 1.84. The number of hydrogen-bond acceptors (Lipinski definition) is 6. The monoisotopic (exact) mass is 495 g/mol. The second-order valence-corrected chi connectivity index (χ2v) is 9.57. The highest BCUT2D eigenvalue weighted by molar-refractivity contribution is 7.89. The Labute approximate surface area is 206 Å². The van der Waals surface area contributed by atoms with E-state index in [-0.39, 0.29) is 17.2 Å². The molecule has 0 heterocycles. The summed E-state index contributed by atoms with van der Waals surface area (Å²) < 4.78 is 38.9. The topological polar surface area (TPSA) is 97.3 Å². The third kappa shape index (κ3) is 6.91. The zero-order valence-corrected chi connectivity index (χ0v) is 20.8. The molecule has 184 valence electrons. The van der Waals surface area contributed by atoms with Crippen LogP contribution in [0.25, 0.3) is 0 Å². The molecular weight excluding hydrogens is 466 g/mol. The molecule has 3 rings (SSSR count). The number of amides is 1. The van der Waals surface area contributed by atoms with Crippen LogP contribution >= 0.6 is 0 Å². The second kappa shape index (κ2) is 12.1. The SMILES string of the molecule is CCc1ccc(/C=N/NC(=O)CN(Cc2ccccc2)S(=O)(=O)c2cc(OC)ccc2OC)cc1. The average molecular weight is 496 g/mol. The van der Waals surface area contributed by atoms with Crippen LogP contribution in [0.2, 0.25) is 0 Å². The lowest BCUT2D eigenvalue weighted by Crippen LogP contribution is -2.39. The maximum absolute atomic E-state index is 13.6. The van der Waals surface area contributed by atoms with Crippen molar-refractivity contribution in [2.45, 2.75) is 24.8 Å². The summed E-state index contributed by atoms with van der Waals surface area (Å²) in [7, 11) is -1.31. The van der Waals surface area contributed by atoms with Crippen LogP contribution in [0, 0.1) is 0 Å². The van der Waals surface area contributed by atoms with E-state index in [1.54, 1.807) is 30.3 Å². The summed E-state index contributed by atoms with van der Waals surface area (Å²) in [5, 5.41) is 3.98. The van der Waals surface area contributed by atoms with Crippen molar-refractivity contribution in [1.29, 1.82) is 0 Å². The summed E-state index contributed by atoms with van der Waals surface area (Å²) in [5.74, 6) is -0.0715. The van der Waals surface area contributed by atoms with Gasteiger partial charge in [-0.1, -0.05) is 61.5 Å². The van der Waals surface area contributed by atoms with Crippen LogP contribution in [0.3, 0.4) is 0 Å². The number of nitrogens with zero attached hydrogens (tertiary/aromatic N) is 2. The maximum Gasteiger partial charge on any atom is 0.255 e. The largest absolute Gasteiger partial charge is 0.497 e. The quantitative estimate of drug-likeness (QED) is 0.324. The molecule has 0 atom stereocenters. The zero-order valence-electron chi connectivity index (χ0n) is 20.0. The fraction of sp³-hybridized carbons (Fsp3) is 0.231.